The Morgan fingerprint density at radius 2 is 2.15 bits per heavy atom. The average Bonchev–Trinajstić information content (AvgIpc) is 2.61. The topological polar surface area (TPSA) is 50.1 Å². The first-order valence-corrected chi connectivity index (χ1v) is 5.00. The summed E-state index contributed by atoms with van der Waals surface area (Å²) in [5.41, 5.74) is 6.73. The van der Waals surface area contributed by atoms with Gasteiger partial charge in [0.2, 0.25) is 0 Å². The van der Waals surface area contributed by atoms with Crippen LogP contribution in [0.1, 0.15) is 25.7 Å². The quantitative estimate of drug-likeness (QED) is 0.588. The van der Waals surface area contributed by atoms with Gasteiger partial charge >= 0.3 is 0 Å². The molecule has 0 aromatic rings. The third-order valence-electron chi connectivity index (χ3n) is 2.74. The molecule has 2 rings (SSSR count). The minimum atomic E-state index is 0.146. The Morgan fingerprint density at radius 3 is 2.85 bits per heavy atom. The van der Waals surface area contributed by atoms with Crippen molar-refractivity contribution < 1.29 is 0 Å². The van der Waals surface area contributed by atoms with E-state index in [1.807, 2.05) is 18.4 Å². The highest BCUT2D eigenvalue weighted by molar-refractivity contribution is 5.19. The zero-order valence-corrected chi connectivity index (χ0v) is 7.79. The molecule has 1 heterocycles. The number of rotatable bonds is 2. The van der Waals surface area contributed by atoms with E-state index in [4.69, 9.17) is 5.73 Å². The van der Waals surface area contributed by atoms with Crippen LogP contribution in [0.2, 0.25) is 0 Å². The molecule has 0 spiro atoms. The van der Waals surface area contributed by atoms with Crippen LogP contribution in [0.15, 0.2) is 24.0 Å². The molecule has 0 bridgehead atoms. The van der Waals surface area contributed by atoms with Crippen molar-refractivity contribution in [3.63, 3.8) is 0 Å². The Kier molecular flexibility index (Phi) is 2.54. The van der Waals surface area contributed by atoms with Crippen molar-refractivity contribution in [1.29, 1.82) is 0 Å². The standard InChI is InChI=1S/C10H17N3/c11-9-6-3-7-12-10(9)13-8-4-1-2-5-8/h3,6-8,10,12-13H,1-2,4-5,11H2. The summed E-state index contributed by atoms with van der Waals surface area (Å²) in [6.07, 6.45) is 11.2. The fourth-order valence-corrected chi connectivity index (χ4v) is 1.98. The Balaban J connectivity index is 1.87. The van der Waals surface area contributed by atoms with Crippen molar-refractivity contribution in [1.82, 2.24) is 10.6 Å². The van der Waals surface area contributed by atoms with E-state index < -0.39 is 0 Å². The maximum Gasteiger partial charge on any atom is 0.118 e. The van der Waals surface area contributed by atoms with Crippen LogP contribution >= 0.6 is 0 Å². The van der Waals surface area contributed by atoms with Gasteiger partial charge in [0.25, 0.3) is 0 Å². The van der Waals surface area contributed by atoms with Crippen LogP contribution in [0.25, 0.3) is 0 Å². The van der Waals surface area contributed by atoms with Crippen LogP contribution in [0, 0.1) is 0 Å². The molecule has 1 saturated carbocycles. The summed E-state index contributed by atoms with van der Waals surface area (Å²) in [5.74, 6) is 0. The second-order valence-corrected chi connectivity index (χ2v) is 3.77. The molecular formula is C10H17N3. The zero-order valence-electron chi connectivity index (χ0n) is 7.79. The van der Waals surface area contributed by atoms with Gasteiger partial charge in [0.15, 0.2) is 0 Å². The summed E-state index contributed by atoms with van der Waals surface area (Å²) in [6.45, 7) is 0. The van der Waals surface area contributed by atoms with Gasteiger partial charge in [-0.25, -0.2) is 0 Å². The smallest absolute Gasteiger partial charge is 0.118 e. The zero-order chi connectivity index (χ0) is 9.10. The molecule has 3 nitrogen and oxygen atoms in total. The highest BCUT2D eigenvalue weighted by Crippen LogP contribution is 2.18. The van der Waals surface area contributed by atoms with Crippen LogP contribution in [0.4, 0.5) is 0 Å². The molecule has 2 aliphatic rings. The molecule has 1 aliphatic carbocycles. The van der Waals surface area contributed by atoms with Gasteiger partial charge in [-0.15, -0.1) is 0 Å². The predicted molar refractivity (Wildman–Crippen MR) is 53.7 cm³/mol. The summed E-state index contributed by atoms with van der Waals surface area (Å²) >= 11 is 0. The number of dihydropyridines is 1. The van der Waals surface area contributed by atoms with E-state index >= 15 is 0 Å². The van der Waals surface area contributed by atoms with Crippen LogP contribution in [0.3, 0.4) is 0 Å². The molecule has 13 heavy (non-hydrogen) atoms. The molecule has 0 saturated heterocycles. The molecule has 0 radical (unpaired) electrons. The first-order chi connectivity index (χ1) is 6.36. The Labute approximate surface area is 79.1 Å². The predicted octanol–water partition coefficient (Wildman–Crippen LogP) is 0.804. The van der Waals surface area contributed by atoms with Crippen LogP contribution in [-0.4, -0.2) is 12.2 Å². The number of nitrogens with one attached hydrogen (secondary N) is 2. The third kappa shape index (κ3) is 2.04. The minimum absolute atomic E-state index is 0.146. The van der Waals surface area contributed by atoms with Crippen LogP contribution in [0.5, 0.6) is 0 Å². The van der Waals surface area contributed by atoms with Gasteiger partial charge in [-0.05, 0) is 31.2 Å². The molecular weight excluding hydrogens is 162 g/mol. The normalized spacial score (nSPS) is 28.6. The molecule has 1 unspecified atom stereocenters. The van der Waals surface area contributed by atoms with Crippen LogP contribution in [-0.2, 0) is 0 Å². The van der Waals surface area contributed by atoms with Crippen molar-refractivity contribution in [3.8, 4) is 0 Å². The van der Waals surface area contributed by atoms with E-state index in [0.717, 1.165) is 5.70 Å². The third-order valence-corrected chi connectivity index (χ3v) is 2.74. The van der Waals surface area contributed by atoms with E-state index in [9.17, 15) is 0 Å². The van der Waals surface area contributed by atoms with Gasteiger partial charge in [-0.1, -0.05) is 12.8 Å². The molecule has 0 aromatic carbocycles. The fraction of sp³-hybridized carbons (Fsp3) is 0.600. The summed E-state index contributed by atoms with van der Waals surface area (Å²) in [7, 11) is 0. The van der Waals surface area contributed by atoms with E-state index in [-0.39, 0.29) is 6.17 Å². The monoisotopic (exact) mass is 179 g/mol. The summed E-state index contributed by atoms with van der Waals surface area (Å²) in [5, 5.41) is 6.72. The van der Waals surface area contributed by atoms with E-state index in [1.54, 1.807) is 0 Å². The highest BCUT2D eigenvalue weighted by atomic mass is 15.2. The van der Waals surface area contributed by atoms with Crippen molar-refractivity contribution in [3.05, 3.63) is 24.0 Å². The highest BCUT2D eigenvalue weighted by Gasteiger charge is 2.20. The fourth-order valence-electron chi connectivity index (χ4n) is 1.98. The number of nitrogens with two attached hydrogens (primary N) is 1. The number of allylic oxidation sites excluding steroid dienone is 2. The lowest BCUT2D eigenvalue weighted by molar-refractivity contribution is 0.433. The lowest BCUT2D eigenvalue weighted by Crippen LogP contribution is -2.48. The van der Waals surface area contributed by atoms with Crippen molar-refractivity contribution in [2.75, 3.05) is 0 Å². The first kappa shape index (κ1) is 8.63. The number of hydrogen-bond acceptors (Lipinski definition) is 3. The lowest BCUT2D eigenvalue weighted by atomic mass is 10.2. The van der Waals surface area contributed by atoms with Gasteiger partial charge in [0.05, 0.1) is 0 Å². The Morgan fingerprint density at radius 1 is 1.38 bits per heavy atom. The molecule has 4 N–H and O–H groups in total. The molecule has 1 atom stereocenters. The van der Waals surface area contributed by atoms with Crippen molar-refractivity contribution in [2.24, 2.45) is 5.73 Å². The van der Waals surface area contributed by atoms with Crippen LogP contribution < -0.4 is 16.4 Å². The minimum Gasteiger partial charge on any atom is -0.399 e. The number of hydrogen-bond donors (Lipinski definition) is 3. The van der Waals surface area contributed by atoms with Gasteiger partial charge in [0, 0.05) is 11.7 Å². The molecule has 1 fully saturated rings. The maximum atomic E-state index is 5.84. The molecule has 1 aliphatic heterocycles. The SMILES string of the molecule is NC1=CC=CNC1NC1CCCC1. The molecule has 0 aromatic heterocycles. The lowest BCUT2D eigenvalue weighted by Gasteiger charge is -2.25. The average molecular weight is 179 g/mol. The molecule has 72 valence electrons. The second-order valence-electron chi connectivity index (χ2n) is 3.77. The summed E-state index contributed by atoms with van der Waals surface area (Å²) in [6, 6.07) is 0.649. The largest absolute Gasteiger partial charge is 0.399 e. The van der Waals surface area contributed by atoms with Gasteiger partial charge in [0.1, 0.15) is 6.17 Å². The summed E-state index contributed by atoms with van der Waals surface area (Å²) in [4.78, 5) is 0. The Bertz CT molecular complexity index is 226. The molecule has 0 amide bonds. The van der Waals surface area contributed by atoms with E-state index in [2.05, 4.69) is 10.6 Å². The van der Waals surface area contributed by atoms with Crippen molar-refractivity contribution in [2.45, 2.75) is 37.9 Å². The second kappa shape index (κ2) is 3.83. The van der Waals surface area contributed by atoms with Gasteiger partial charge < -0.3 is 11.1 Å². The first-order valence-electron chi connectivity index (χ1n) is 5.00. The molecule has 3 heteroatoms. The van der Waals surface area contributed by atoms with Crippen molar-refractivity contribution >= 4 is 0 Å². The Hall–Kier alpha value is -0.960. The van der Waals surface area contributed by atoms with Gasteiger partial charge in [-0.3, -0.25) is 5.32 Å². The maximum absolute atomic E-state index is 5.84. The van der Waals surface area contributed by atoms with Gasteiger partial charge in [-0.2, -0.15) is 0 Å². The van der Waals surface area contributed by atoms with E-state index in [1.165, 1.54) is 25.7 Å². The van der Waals surface area contributed by atoms with E-state index in [0.29, 0.717) is 6.04 Å². The summed E-state index contributed by atoms with van der Waals surface area (Å²) < 4.78 is 0.